The minimum atomic E-state index is -0.515. The van der Waals surface area contributed by atoms with Gasteiger partial charge in [0.05, 0.1) is 18.7 Å². The van der Waals surface area contributed by atoms with Crippen molar-refractivity contribution in [3.05, 3.63) is 23.2 Å². The van der Waals surface area contributed by atoms with Gasteiger partial charge in [-0.1, -0.05) is 11.6 Å². The number of carbonyl (C=O) groups is 1. The highest BCUT2D eigenvalue weighted by Crippen LogP contribution is 2.26. The first-order chi connectivity index (χ1) is 6.74. The van der Waals surface area contributed by atoms with E-state index in [0.29, 0.717) is 11.0 Å². The summed E-state index contributed by atoms with van der Waals surface area (Å²) < 4.78 is 9.62. The molecule has 2 rings (SSSR count). The van der Waals surface area contributed by atoms with Gasteiger partial charge in [-0.2, -0.15) is 5.10 Å². The lowest BCUT2D eigenvalue weighted by molar-refractivity contribution is 0.0602. The molecular formula is C8H5ClN2O3. The summed E-state index contributed by atoms with van der Waals surface area (Å²) in [6, 6.07) is 0. The van der Waals surface area contributed by atoms with Crippen LogP contribution in [0.4, 0.5) is 0 Å². The topological polar surface area (TPSA) is 65.2 Å². The van der Waals surface area contributed by atoms with Gasteiger partial charge in [0.15, 0.2) is 10.7 Å². The van der Waals surface area contributed by atoms with E-state index in [0.717, 1.165) is 0 Å². The molecule has 0 aromatic carbocycles. The number of carbonyl (C=O) groups excluding carboxylic acids is 1. The lowest BCUT2D eigenvalue weighted by atomic mass is 10.2. The molecule has 0 radical (unpaired) electrons. The van der Waals surface area contributed by atoms with Crippen LogP contribution in [-0.4, -0.2) is 23.3 Å². The fourth-order valence-corrected chi connectivity index (χ4v) is 1.36. The standard InChI is InChI=1S/C8H5ClN2O3/c1-13-8(12)4-3-14-5-2-10-11-7(9)6(4)5/h2-3H,1H3. The van der Waals surface area contributed by atoms with Crippen molar-refractivity contribution in [3.63, 3.8) is 0 Å². The van der Waals surface area contributed by atoms with Crippen molar-refractivity contribution in [3.8, 4) is 0 Å². The molecular weight excluding hydrogens is 208 g/mol. The summed E-state index contributed by atoms with van der Waals surface area (Å²) in [6.07, 6.45) is 2.65. The number of hydrogen-bond donors (Lipinski definition) is 0. The van der Waals surface area contributed by atoms with Crippen LogP contribution in [0.3, 0.4) is 0 Å². The van der Waals surface area contributed by atoms with Gasteiger partial charge in [0, 0.05) is 0 Å². The van der Waals surface area contributed by atoms with Crippen LogP contribution in [0, 0.1) is 0 Å². The summed E-state index contributed by atoms with van der Waals surface area (Å²) >= 11 is 5.76. The second kappa shape index (κ2) is 3.26. The molecule has 0 spiro atoms. The van der Waals surface area contributed by atoms with E-state index >= 15 is 0 Å². The normalized spacial score (nSPS) is 10.4. The Balaban J connectivity index is 2.73. The molecule has 2 aromatic heterocycles. The van der Waals surface area contributed by atoms with Crippen molar-refractivity contribution in [1.82, 2.24) is 10.2 Å². The fourth-order valence-electron chi connectivity index (χ4n) is 1.12. The van der Waals surface area contributed by atoms with E-state index in [1.165, 1.54) is 19.6 Å². The number of rotatable bonds is 1. The SMILES string of the molecule is COC(=O)c1coc2cnnc(Cl)c12. The summed E-state index contributed by atoms with van der Waals surface area (Å²) in [6.45, 7) is 0. The molecule has 6 heteroatoms. The maximum atomic E-state index is 11.3. The second-order valence-electron chi connectivity index (χ2n) is 2.52. The minimum Gasteiger partial charge on any atom is -0.465 e. The molecule has 5 nitrogen and oxygen atoms in total. The van der Waals surface area contributed by atoms with E-state index in [4.69, 9.17) is 16.0 Å². The number of ether oxygens (including phenoxy) is 1. The van der Waals surface area contributed by atoms with Crippen molar-refractivity contribution in [2.24, 2.45) is 0 Å². The molecule has 0 bridgehead atoms. The number of nitrogens with zero attached hydrogens (tertiary/aromatic N) is 2. The lowest BCUT2D eigenvalue weighted by Crippen LogP contribution is -2.00. The quantitative estimate of drug-likeness (QED) is 0.673. The first-order valence-corrected chi connectivity index (χ1v) is 4.08. The van der Waals surface area contributed by atoms with Crippen LogP contribution in [0.5, 0.6) is 0 Å². The molecule has 0 atom stereocenters. The Bertz CT molecular complexity index is 494. The van der Waals surface area contributed by atoms with Crippen molar-refractivity contribution >= 4 is 28.5 Å². The van der Waals surface area contributed by atoms with E-state index in [9.17, 15) is 4.79 Å². The van der Waals surface area contributed by atoms with Crippen LogP contribution in [0.1, 0.15) is 10.4 Å². The second-order valence-corrected chi connectivity index (χ2v) is 2.87. The third-order valence-corrected chi connectivity index (χ3v) is 2.02. The van der Waals surface area contributed by atoms with Crippen molar-refractivity contribution in [1.29, 1.82) is 0 Å². The molecule has 0 fully saturated rings. The summed E-state index contributed by atoms with van der Waals surface area (Å²) in [5, 5.41) is 7.73. The summed E-state index contributed by atoms with van der Waals surface area (Å²) in [5.41, 5.74) is 0.660. The van der Waals surface area contributed by atoms with Crippen LogP contribution in [0.2, 0.25) is 5.15 Å². The molecule has 0 saturated carbocycles. The average Bonchev–Trinajstić information content (AvgIpc) is 2.62. The van der Waals surface area contributed by atoms with Crippen molar-refractivity contribution < 1.29 is 13.9 Å². The van der Waals surface area contributed by atoms with Crippen LogP contribution in [0.25, 0.3) is 11.0 Å². The average molecular weight is 213 g/mol. The van der Waals surface area contributed by atoms with Crippen LogP contribution < -0.4 is 0 Å². The van der Waals surface area contributed by atoms with Crippen LogP contribution in [0.15, 0.2) is 16.9 Å². The third-order valence-electron chi connectivity index (χ3n) is 1.75. The number of aromatic nitrogens is 2. The molecule has 0 aliphatic carbocycles. The number of methoxy groups -OCH3 is 1. The number of furan rings is 1. The van der Waals surface area contributed by atoms with E-state index in [2.05, 4.69) is 14.9 Å². The molecule has 0 unspecified atom stereocenters. The van der Waals surface area contributed by atoms with Gasteiger partial charge in [-0.25, -0.2) is 4.79 Å². The predicted molar refractivity (Wildman–Crippen MR) is 48.2 cm³/mol. The summed E-state index contributed by atoms with van der Waals surface area (Å²) in [5.74, 6) is -0.515. The molecule has 0 saturated heterocycles. The first-order valence-electron chi connectivity index (χ1n) is 3.70. The summed E-state index contributed by atoms with van der Waals surface area (Å²) in [7, 11) is 1.28. The van der Waals surface area contributed by atoms with E-state index in [1.54, 1.807) is 0 Å². The largest absolute Gasteiger partial charge is 0.465 e. The lowest BCUT2D eigenvalue weighted by Gasteiger charge is -1.95. The Hall–Kier alpha value is -1.62. The van der Waals surface area contributed by atoms with E-state index < -0.39 is 5.97 Å². The minimum absolute atomic E-state index is 0.122. The Morgan fingerprint density at radius 2 is 2.43 bits per heavy atom. The Morgan fingerprint density at radius 3 is 3.14 bits per heavy atom. The predicted octanol–water partition coefficient (Wildman–Crippen LogP) is 1.66. The fraction of sp³-hybridized carbons (Fsp3) is 0.125. The first kappa shape index (κ1) is 8.96. The van der Waals surface area contributed by atoms with Crippen LogP contribution >= 0.6 is 11.6 Å². The van der Waals surface area contributed by atoms with Gasteiger partial charge in [-0.15, -0.1) is 5.10 Å². The van der Waals surface area contributed by atoms with Gasteiger partial charge in [0.25, 0.3) is 0 Å². The third kappa shape index (κ3) is 1.22. The highest BCUT2D eigenvalue weighted by Gasteiger charge is 2.17. The molecule has 14 heavy (non-hydrogen) atoms. The number of hydrogen-bond acceptors (Lipinski definition) is 5. The Labute approximate surface area is 83.6 Å². The van der Waals surface area contributed by atoms with E-state index in [-0.39, 0.29) is 10.7 Å². The molecule has 0 aliphatic rings. The summed E-state index contributed by atoms with van der Waals surface area (Å²) in [4.78, 5) is 11.3. The zero-order valence-corrected chi connectivity index (χ0v) is 7.91. The monoisotopic (exact) mass is 212 g/mol. The highest BCUT2D eigenvalue weighted by molar-refractivity contribution is 6.35. The van der Waals surface area contributed by atoms with Crippen LogP contribution in [-0.2, 0) is 4.74 Å². The van der Waals surface area contributed by atoms with Gasteiger partial charge in [-0.05, 0) is 0 Å². The zero-order valence-electron chi connectivity index (χ0n) is 7.15. The maximum absolute atomic E-state index is 11.3. The molecule has 2 aromatic rings. The number of esters is 1. The highest BCUT2D eigenvalue weighted by atomic mass is 35.5. The number of fused-ring (bicyclic) bond motifs is 1. The smallest absolute Gasteiger partial charge is 0.341 e. The van der Waals surface area contributed by atoms with Gasteiger partial charge < -0.3 is 9.15 Å². The zero-order chi connectivity index (χ0) is 10.1. The molecule has 72 valence electrons. The van der Waals surface area contributed by atoms with Gasteiger partial charge >= 0.3 is 5.97 Å². The van der Waals surface area contributed by atoms with Crippen molar-refractivity contribution in [2.45, 2.75) is 0 Å². The Kier molecular flexibility index (Phi) is 2.09. The van der Waals surface area contributed by atoms with Gasteiger partial charge in [0.2, 0.25) is 0 Å². The van der Waals surface area contributed by atoms with E-state index in [1.807, 2.05) is 0 Å². The van der Waals surface area contributed by atoms with Gasteiger partial charge in [-0.3, -0.25) is 0 Å². The number of halogens is 1. The Morgan fingerprint density at radius 1 is 1.64 bits per heavy atom. The molecule has 2 heterocycles. The molecule has 0 amide bonds. The molecule has 0 N–H and O–H groups in total. The van der Waals surface area contributed by atoms with Gasteiger partial charge in [0.1, 0.15) is 11.8 Å². The molecule has 0 aliphatic heterocycles. The van der Waals surface area contributed by atoms with Crippen molar-refractivity contribution in [2.75, 3.05) is 7.11 Å². The maximum Gasteiger partial charge on any atom is 0.341 e.